The Morgan fingerprint density at radius 3 is 2.70 bits per heavy atom. The smallest absolute Gasteiger partial charge is 0.214 e. The molecule has 0 fully saturated rings. The van der Waals surface area contributed by atoms with Gasteiger partial charge in [0.25, 0.3) is 0 Å². The molecule has 1 aromatic carbocycles. The molecule has 0 atom stereocenters. The number of sulfonamides is 1. The molecule has 8 heteroatoms. The lowest BCUT2D eigenvalue weighted by atomic mass is 9.96. The van der Waals surface area contributed by atoms with Crippen molar-refractivity contribution in [3.8, 4) is 11.3 Å². The predicted molar refractivity (Wildman–Crippen MR) is 113 cm³/mol. The summed E-state index contributed by atoms with van der Waals surface area (Å²) >= 11 is 0. The molecule has 0 spiro atoms. The van der Waals surface area contributed by atoms with Crippen LogP contribution in [0.4, 0.5) is 4.39 Å². The first-order valence-electron chi connectivity index (χ1n) is 9.88. The Labute approximate surface area is 175 Å². The van der Waals surface area contributed by atoms with E-state index in [4.69, 9.17) is 0 Å². The fourth-order valence-corrected chi connectivity index (χ4v) is 4.81. The molecule has 30 heavy (non-hydrogen) atoms. The van der Waals surface area contributed by atoms with Crippen LogP contribution in [0.2, 0.25) is 0 Å². The van der Waals surface area contributed by atoms with Gasteiger partial charge in [-0.25, -0.2) is 22.8 Å². The van der Waals surface area contributed by atoms with Crippen LogP contribution < -0.4 is 0 Å². The van der Waals surface area contributed by atoms with Crippen molar-refractivity contribution >= 4 is 10.0 Å². The van der Waals surface area contributed by atoms with E-state index in [9.17, 15) is 12.8 Å². The highest BCUT2D eigenvalue weighted by atomic mass is 32.2. The largest absolute Gasteiger partial charge is 0.253 e. The maximum absolute atomic E-state index is 13.2. The van der Waals surface area contributed by atoms with E-state index in [1.54, 1.807) is 13.0 Å². The van der Waals surface area contributed by atoms with Crippen LogP contribution in [0.15, 0.2) is 42.9 Å². The number of aromatic nitrogens is 3. The highest BCUT2D eigenvalue weighted by Gasteiger charge is 2.27. The van der Waals surface area contributed by atoms with Crippen molar-refractivity contribution in [2.75, 3.05) is 12.3 Å². The maximum atomic E-state index is 13.2. The van der Waals surface area contributed by atoms with Gasteiger partial charge < -0.3 is 0 Å². The van der Waals surface area contributed by atoms with Crippen LogP contribution in [0, 0.1) is 12.7 Å². The van der Waals surface area contributed by atoms with Gasteiger partial charge in [-0.05, 0) is 55.2 Å². The highest BCUT2D eigenvalue weighted by molar-refractivity contribution is 7.89. The average Bonchev–Trinajstić information content (AvgIpc) is 2.75. The molecule has 156 valence electrons. The van der Waals surface area contributed by atoms with E-state index in [0.29, 0.717) is 25.9 Å². The molecular weight excluding hydrogens is 403 g/mol. The van der Waals surface area contributed by atoms with Gasteiger partial charge >= 0.3 is 0 Å². The van der Waals surface area contributed by atoms with Crippen molar-refractivity contribution in [3.05, 3.63) is 76.8 Å². The van der Waals surface area contributed by atoms with Gasteiger partial charge in [0, 0.05) is 18.5 Å². The van der Waals surface area contributed by atoms with Crippen LogP contribution in [0.3, 0.4) is 0 Å². The fourth-order valence-electron chi connectivity index (χ4n) is 3.75. The number of aryl methyl sites for hydroxylation is 1. The molecule has 0 saturated heterocycles. The number of pyridine rings is 1. The first-order valence-corrected chi connectivity index (χ1v) is 11.5. The zero-order valence-electron chi connectivity index (χ0n) is 17.0. The van der Waals surface area contributed by atoms with E-state index in [0.717, 1.165) is 39.3 Å². The van der Waals surface area contributed by atoms with Crippen molar-refractivity contribution < 1.29 is 12.8 Å². The van der Waals surface area contributed by atoms with Gasteiger partial charge in [-0.3, -0.25) is 4.98 Å². The van der Waals surface area contributed by atoms with Crippen molar-refractivity contribution in [1.82, 2.24) is 19.3 Å². The molecule has 0 N–H and O–H groups in total. The summed E-state index contributed by atoms with van der Waals surface area (Å²) in [4.78, 5) is 13.0. The lowest BCUT2D eigenvalue weighted by Gasteiger charge is -2.27. The first kappa shape index (κ1) is 20.6. The van der Waals surface area contributed by atoms with Crippen LogP contribution in [0.5, 0.6) is 0 Å². The van der Waals surface area contributed by atoms with Crippen LogP contribution in [0.25, 0.3) is 11.3 Å². The summed E-state index contributed by atoms with van der Waals surface area (Å²) in [6, 6.07) is 9.22. The van der Waals surface area contributed by atoms with Crippen molar-refractivity contribution in [1.29, 1.82) is 0 Å². The van der Waals surface area contributed by atoms with E-state index in [-0.39, 0.29) is 11.6 Å². The SMILES string of the molecule is CCS(=O)(=O)N1CCc2c(Cc3ccc(C)c(-c4ccc(F)cn4)c3)ncnc2C1. The summed E-state index contributed by atoms with van der Waals surface area (Å²) < 4.78 is 39.2. The second-order valence-corrected chi connectivity index (χ2v) is 9.68. The van der Waals surface area contributed by atoms with E-state index in [1.807, 2.05) is 19.1 Å². The van der Waals surface area contributed by atoms with Gasteiger partial charge in [-0.15, -0.1) is 0 Å². The third kappa shape index (κ3) is 4.11. The summed E-state index contributed by atoms with van der Waals surface area (Å²) in [5.41, 5.74) is 6.51. The molecule has 0 radical (unpaired) electrons. The topological polar surface area (TPSA) is 76.1 Å². The number of rotatable bonds is 5. The monoisotopic (exact) mass is 426 g/mol. The Bertz CT molecular complexity index is 1180. The molecular formula is C22H23FN4O2S. The Morgan fingerprint density at radius 2 is 1.97 bits per heavy atom. The van der Waals surface area contributed by atoms with Crippen LogP contribution in [0.1, 0.15) is 35.0 Å². The van der Waals surface area contributed by atoms with E-state index in [2.05, 4.69) is 21.0 Å². The van der Waals surface area contributed by atoms with E-state index in [1.165, 1.54) is 22.9 Å². The Hall–Kier alpha value is -2.71. The van der Waals surface area contributed by atoms with Crippen LogP contribution in [-0.4, -0.2) is 40.0 Å². The predicted octanol–water partition coefficient (Wildman–Crippen LogP) is 3.28. The average molecular weight is 427 g/mol. The number of benzene rings is 1. The summed E-state index contributed by atoms with van der Waals surface area (Å²) in [5.74, 6) is -0.275. The number of halogens is 1. The normalized spacial score (nSPS) is 14.5. The second-order valence-electron chi connectivity index (χ2n) is 7.42. The van der Waals surface area contributed by atoms with Crippen LogP contribution in [-0.2, 0) is 29.4 Å². The van der Waals surface area contributed by atoms with Gasteiger partial charge in [0.2, 0.25) is 10.0 Å². The van der Waals surface area contributed by atoms with Gasteiger partial charge in [-0.1, -0.05) is 12.1 Å². The van der Waals surface area contributed by atoms with Crippen LogP contribution >= 0.6 is 0 Å². The Morgan fingerprint density at radius 1 is 1.13 bits per heavy atom. The molecule has 2 aromatic heterocycles. The van der Waals surface area contributed by atoms with Crippen molar-refractivity contribution in [2.45, 2.75) is 33.2 Å². The number of hydrogen-bond acceptors (Lipinski definition) is 5. The minimum Gasteiger partial charge on any atom is -0.253 e. The fraction of sp³-hybridized carbons (Fsp3) is 0.318. The molecule has 0 amide bonds. The minimum absolute atomic E-state index is 0.0871. The molecule has 0 saturated carbocycles. The lowest BCUT2D eigenvalue weighted by molar-refractivity contribution is 0.384. The number of hydrogen-bond donors (Lipinski definition) is 0. The minimum atomic E-state index is -3.24. The van der Waals surface area contributed by atoms with Gasteiger partial charge in [0.05, 0.1) is 35.6 Å². The van der Waals surface area contributed by atoms with Crippen molar-refractivity contribution in [2.24, 2.45) is 0 Å². The summed E-state index contributed by atoms with van der Waals surface area (Å²) in [5, 5.41) is 0. The molecule has 1 aliphatic rings. The summed E-state index contributed by atoms with van der Waals surface area (Å²) in [7, 11) is -3.24. The van der Waals surface area contributed by atoms with E-state index < -0.39 is 10.0 Å². The Balaban J connectivity index is 1.63. The summed E-state index contributed by atoms with van der Waals surface area (Å²) in [6.45, 7) is 4.39. The number of fused-ring (bicyclic) bond motifs is 1. The molecule has 3 heterocycles. The van der Waals surface area contributed by atoms with Gasteiger partial charge in [0.1, 0.15) is 12.1 Å². The first-order chi connectivity index (χ1) is 14.4. The molecule has 4 rings (SSSR count). The standard InChI is InChI=1S/C22H23FN4O2S/c1-3-30(28,29)27-9-8-18-21(25-14-26-22(18)13-27)11-16-5-4-15(2)19(10-16)20-7-6-17(23)12-24-20/h4-7,10,12,14H,3,8-9,11,13H2,1-2H3. The zero-order chi connectivity index (χ0) is 21.3. The summed E-state index contributed by atoms with van der Waals surface area (Å²) in [6.07, 6.45) is 3.94. The molecule has 0 unspecified atom stereocenters. The Kier molecular flexibility index (Phi) is 5.62. The highest BCUT2D eigenvalue weighted by Crippen LogP contribution is 2.27. The quantitative estimate of drug-likeness (QED) is 0.626. The third-order valence-electron chi connectivity index (χ3n) is 5.50. The van der Waals surface area contributed by atoms with Gasteiger partial charge in [-0.2, -0.15) is 4.31 Å². The molecule has 0 bridgehead atoms. The lowest BCUT2D eigenvalue weighted by Crippen LogP contribution is -2.37. The van der Waals surface area contributed by atoms with E-state index >= 15 is 0 Å². The third-order valence-corrected chi connectivity index (χ3v) is 7.32. The molecule has 0 aliphatic carbocycles. The number of nitrogens with zero attached hydrogens (tertiary/aromatic N) is 4. The van der Waals surface area contributed by atoms with Crippen molar-refractivity contribution in [3.63, 3.8) is 0 Å². The molecule has 3 aromatic rings. The second kappa shape index (κ2) is 8.20. The molecule has 6 nitrogen and oxygen atoms in total. The molecule has 1 aliphatic heterocycles. The van der Waals surface area contributed by atoms with Gasteiger partial charge in [0.15, 0.2) is 0 Å². The maximum Gasteiger partial charge on any atom is 0.214 e. The zero-order valence-corrected chi connectivity index (χ0v) is 17.8.